The topological polar surface area (TPSA) is 140 Å². The number of carbonyl (C=O) groups excluding carboxylic acids is 3. The Morgan fingerprint density at radius 1 is 1.14 bits per heavy atom. The molecule has 2 N–H and O–H groups in total. The number of hydrogen-bond acceptors (Lipinski definition) is 7. The van der Waals surface area contributed by atoms with Crippen molar-refractivity contribution in [1.29, 1.82) is 0 Å². The quantitative estimate of drug-likeness (QED) is 0.307. The summed E-state index contributed by atoms with van der Waals surface area (Å²) >= 11 is 0. The van der Waals surface area contributed by atoms with E-state index in [1.807, 2.05) is 0 Å². The molecule has 2 rings (SSSR count). The largest absolute Gasteiger partial charge is 0.426 e. The molecule has 0 aliphatic heterocycles. The van der Waals surface area contributed by atoms with E-state index in [4.69, 9.17) is 14.0 Å². The number of rotatable bonds is 5. The van der Waals surface area contributed by atoms with Crippen LogP contribution in [0.15, 0.2) is 48.8 Å². The van der Waals surface area contributed by atoms with Crippen LogP contribution in [0.2, 0.25) is 0 Å². The van der Waals surface area contributed by atoms with Crippen LogP contribution in [0, 0.1) is 0 Å². The van der Waals surface area contributed by atoms with E-state index >= 15 is 0 Å². The number of nitrogens with one attached hydrogen (secondary N) is 1. The van der Waals surface area contributed by atoms with Gasteiger partial charge in [0, 0.05) is 20.0 Å². The zero-order chi connectivity index (χ0) is 22.0. The van der Waals surface area contributed by atoms with Gasteiger partial charge in [0.1, 0.15) is 16.9 Å². The van der Waals surface area contributed by atoms with Gasteiger partial charge in [-0.15, -0.1) is 0 Å². The Morgan fingerprint density at radius 3 is 2.34 bits per heavy atom. The molecular weight excluding hydrogens is 404 g/mol. The molecule has 0 aliphatic rings. The molecular formula is C18H21N2O8S+. The van der Waals surface area contributed by atoms with Crippen LogP contribution in [-0.4, -0.2) is 44.1 Å². The van der Waals surface area contributed by atoms with Gasteiger partial charge in [0.15, 0.2) is 12.4 Å². The van der Waals surface area contributed by atoms with Gasteiger partial charge in [-0.3, -0.25) is 14.1 Å². The van der Waals surface area contributed by atoms with Crippen molar-refractivity contribution < 1.29 is 41.4 Å². The van der Waals surface area contributed by atoms with Gasteiger partial charge < -0.3 is 14.8 Å². The maximum Gasteiger partial charge on any atom is 0.346 e. The average Bonchev–Trinajstić information content (AvgIpc) is 2.64. The average molecular weight is 425 g/mol. The molecule has 0 saturated heterocycles. The van der Waals surface area contributed by atoms with Gasteiger partial charge in [0.05, 0.1) is 6.26 Å². The molecule has 2 aromatic rings. The monoisotopic (exact) mass is 425 g/mol. The number of pyridine rings is 1. The Morgan fingerprint density at radius 2 is 1.76 bits per heavy atom. The number of para-hydroxylation sites is 1. The lowest BCUT2D eigenvalue weighted by atomic mass is 10.2. The molecule has 156 valence electrons. The summed E-state index contributed by atoms with van der Waals surface area (Å²) in [5.74, 6) is -1.26. The van der Waals surface area contributed by atoms with Crippen LogP contribution in [-0.2, 0) is 26.4 Å². The van der Waals surface area contributed by atoms with E-state index in [2.05, 4.69) is 5.32 Å². The predicted molar refractivity (Wildman–Crippen MR) is 101 cm³/mol. The van der Waals surface area contributed by atoms with Gasteiger partial charge in [-0.05, 0) is 18.2 Å². The van der Waals surface area contributed by atoms with Crippen LogP contribution in [0.1, 0.15) is 27.6 Å². The number of esters is 2. The van der Waals surface area contributed by atoms with Crippen molar-refractivity contribution >= 4 is 28.0 Å². The Labute approximate surface area is 167 Å². The molecule has 0 atom stereocenters. The molecule has 0 saturated carbocycles. The molecule has 1 heterocycles. The summed E-state index contributed by atoms with van der Waals surface area (Å²) in [6, 6.07) is 9.63. The molecule has 0 fully saturated rings. The molecule has 11 heteroatoms. The fourth-order valence-electron chi connectivity index (χ4n) is 1.97. The SMILES string of the molecule is CNC(=O)c1ccc[n+](COC(=O)c2ccccc2OC(C)=O)c1.CS(=O)(=O)O. The number of nitrogens with zero attached hydrogens (tertiary/aromatic N) is 1. The number of ether oxygens (including phenoxy) is 2. The number of carbonyl (C=O) groups is 3. The van der Waals surface area contributed by atoms with Gasteiger partial charge in [-0.2, -0.15) is 13.0 Å². The lowest BCUT2D eigenvalue weighted by molar-refractivity contribution is -0.727. The summed E-state index contributed by atoms with van der Waals surface area (Å²) in [5.41, 5.74) is 0.590. The second-order valence-corrected chi connectivity index (χ2v) is 7.04. The van der Waals surface area contributed by atoms with Crippen molar-refractivity contribution in [3.8, 4) is 5.75 Å². The van der Waals surface area contributed by atoms with Gasteiger partial charge in [0.2, 0.25) is 0 Å². The second kappa shape index (κ2) is 10.9. The minimum absolute atomic E-state index is 0.0852. The first kappa shape index (κ1) is 23.7. The van der Waals surface area contributed by atoms with Crippen LogP contribution in [0.4, 0.5) is 0 Å². The second-order valence-electron chi connectivity index (χ2n) is 5.57. The third-order valence-corrected chi connectivity index (χ3v) is 3.05. The molecule has 0 spiro atoms. The highest BCUT2D eigenvalue weighted by Gasteiger charge is 2.17. The Bertz CT molecular complexity index is 981. The van der Waals surface area contributed by atoms with E-state index in [0.29, 0.717) is 11.8 Å². The zero-order valence-electron chi connectivity index (χ0n) is 16.0. The van der Waals surface area contributed by atoms with E-state index in [1.54, 1.807) is 41.2 Å². The van der Waals surface area contributed by atoms with Crippen molar-refractivity contribution in [3.05, 3.63) is 59.9 Å². The van der Waals surface area contributed by atoms with E-state index in [1.165, 1.54) is 26.1 Å². The molecule has 10 nitrogen and oxygen atoms in total. The molecule has 0 bridgehead atoms. The Balaban J connectivity index is 0.000000749. The number of amides is 1. The number of hydrogen-bond donors (Lipinski definition) is 2. The van der Waals surface area contributed by atoms with Crippen LogP contribution in [0.3, 0.4) is 0 Å². The molecule has 1 aromatic heterocycles. The molecule has 0 aliphatic carbocycles. The first-order valence-electron chi connectivity index (χ1n) is 8.09. The highest BCUT2D eigenvalue weighted by atomic mass is 32.2. The first-order valence-corrected chi connectivity index (χ1v) is 9.94. The summed E-state index contributed by atoms with van der Waals surface area (Å²) < 4.78 is 37.6. The highest BCUT2D eigenvalue weighted by molar-refractivity contribution is 7.85. The normalized spacial score (nSPS) is 10.2. The molecule has 1 amide bonds. The third-order valence-electron chi connectivity index (χ3n) is 3.05. The van der Waals surface area contributed by atoms with Gasteiger partial charge >= 0.3 is 11.9 Å². The zero-order valence-corrected chi connectivity index (χ0v) is 16.8. The minimum Gasteiger partial charge on any atom is -0.426 e. The standard InChI is InChI=1S/C17H16N2O5.CH4O3S/c1-12(20)24-15-8-4-3-7-14(15)17(22)23-11-19-9-5-6-13(10-19)16(21)18-2;1-5(2,3)4/h3-10H,11H2,1-2H3;1H3,(H,2,3,4)/p+1. The van der Waals surface area contributed by atoms with Gasteiger partial charge in [0.25, 0.3) is 22.8 Å². The maximum absolute atomic E-state index is 12.2. The van der Waals surface area contributed by atoms with Crippen LogP contribution in [0.25, 0.3) is 0 Å². The van der Waals surface area contributed by atoms with E-state index in [-0.39, 0.29) is 24.0 Å². The first-order chi connectivity index (χ1) is 13.5. The molecule has 0 unspecified atom stereocenters. The van der Waals surface area contributed by atoms with E-state index in [0.717, 1.165) is 0 Å². The maximum atomic E-state index is 12.2. The molecule has 0 radical (unpaired) electrons. The minimum atomic E-state index is -3.67. The van der Waals surface area contributed by atoms with Crippen molar-refractivity contribution in [2.75, 3.05) is 13.3 Å². The van der Waals surface area contributed by atoms with Gasteiger partial charge in [-0.1, -0.05) is 12.1 Å². The van der Waals surface area contributed by atoms with E-state index in [9.17, 15) is 22.8 Å². The van der Waals surface area contributed by atoms with Crippen molar-refractivity contribution in [1.82, 2.24) is 5.32 Å². The smallest absolute Gasteiger partial charge is 0.346 e. The number of aromatic nitrogens is 1. The summed E-state index contributed by atoms with van der Waals surface area (Å²) in [5, 5.41) is 2.52. The fraction of sp³-hybridized carbons (Fsp3) is 0.222. The van der Waals surface area contributed by atoms with Crippen molar-refractivity contribution in [2.45, 2.75) is 13.7 Å². The predicted octanol–water partition coefficient (Wildman–Crippen LogP) is 0.577. The van der Waals surface area contributed by atoms with Crippen LogP contribution < -0.4 is 14.6 Å². The van der Waals surface area contributed by atoms with Crippen LogP contribution in [0.5, 0.6) is 5.75 Å². The summed E-state index contributed by atoms with van der Waals surface area (Å²) in [6.45, 7) is 1.17. The molecule has 1 aromatic carbocycles. The fourth-order valence-corrected chi connectivity index (χ4v) is 1.97. The number of benzene rings is 1. The lowest BCUT2D eigenvalue weighted by Gasteiger charge is -2.07. The summed E-state index contributed by atoms with van der Waals surface area (Å²) in [7, 11) is -2.13. The summed E-state index contributed by atoms with van der Waals surface area (Å²) in [4.78, 5) is 34.9. The van der Waals surface area contributed by atoms with Crippen LogP contribution >= 0.6 is 0 Å². The lowest BCUT2D eigenvalue weighted by Crippen LogP contribution is -2.37. The van der Waals surface area contributed by atoms with Crippen molar-refractivity contribution in [3.63, 3.8) is 0 Å². The Kier molecular flexibility index (Phi) is 8.90. The summed E-state index contributed by atoms with van der Waals surface area (Å²) in [6.07, 6.45) is 3.94. The Hall–Kier alpha value is -3.31. The highest BCUT2D eigenvalue weighted by Crippen LogP contribution is 2.19. The molecule has 29 heavy (non-hydrogen) atoms. The van der Waals surface area contributed by atoms with E-state index < -0.39 is 22.1 Å². The third kappa shape index (κ3) is 9.44. The van der Waals surface area contributed by atoms with Crippen molar-refractivity contribution in [2.24, 2.45) is 0 Å². The van der Waals surface area contributed by atoms with Gasteiger partial charge in [-0.25, -0.2) is 4.79 Å².